The molecule has 1 aromatic rings. The quantitative estimate of drug-likeness (QED) is 0.908. The van der Waals surface area contributed by atoms with E-state index in [9.17, 15) is 4.79 Å². The van der Waals surface area contributed by atoms with Gasteiger partial charge in [-0.25, -0.2) is 4.98 Å². The van der Waals surface area contributed by atoms with E-state index in [2.05, 4.69) is 21.2 Å². The van der Waals surface area contributed by atoms with Gasteiger partial charge in [-0.2, -0.15) is 4.37 Å². The smallest absolute Gasteiger partial charge is 0.306 e. The largest absolute Gasteiger partial charge is 0.481 e. The van der Waals surface area contributed by atoms with Crippen LogP contribution in [0.15, 0.2) is 0 Å². The van der Waals surface area contributed by atoms with E-state index in [4.69, 9.17) is 5.11 Å². The maximum absolute atomic E-state index is 11.0. The van der Waals surface area contributed by atoms with Crippen LogP contribution in [0.4, 0.5) is 5.13 Å². The number of hydrogen-bond donors (Lipinski definition) is 1. The SMILES string of the molecule is CC1CC(C(=O)O)CCN1c1nc(C2CC2)ns1. The third-order valence-corrected chi connectivity index (χ3v) is 4.61. The Hall–Kier alpha value is -1.17. The number of anilines is 1. The fourth-order valence-corrected chi connectivity index (χ4v) is 3.41. The predicted molar refractivity (Wildman–Crippen MR) is 69.1 cm³/mol. The molecular formula is C12H17N3O2S. The monoisotopic (exact) mass is 267 g/mol. The van der Waals surface area contributed by atoms with E-state index < -0.39 is 5.97 Å². The number of aromatic nitrogens is 2. The average molecular weight is 267 g/mol. The molecule has 1 aromatic heterocycles. The fourth-order valence-electron chi connectivity index (χ4n) is 2.53. The van der Waals surface area contributed by atoms with Crippen LogP contribution in [-0.2, 0) is 4.79 Å². The molecule has 5 nitrogen and oxygen atoms in total. The van der Waals surface area contributed by atoms with Crippen molar-refractivity contribution in [3.63, 3.8) is 0 Å². The second-order valence-electron chi connectivity index (χ2n) is 5.31. The Bertz CT molecular complexity index is 458. The molecule has 1 saturated carbocycles. The van der Waals surface area contributed by atoms with E-state index >= 15 is 0 Å². The van der Waals surface area contributed by atoms with E-state index in [0.717, 1.165) is 17.5 Å². The van der Waals surface area contributed by atoms with Crippen LogP contribution in [-0.4, -0.2) is 33.0 Å². The summed E-state index contributed by atoms with van der Waals surface area (Å²) < 4.78 is 4.41. The molecule has 2 atom stereocenters. The van der Waals surface area contributed by atoms with Gasteiger partial charge in [0.25, 0.3) is 0 Å². The predicted octanol–water partition coefficient (Wildman–Crippen LogP) is 2.10. The molecule has 6 heteroatoms. The summed E-state index contributed by atoms with van der Waals surface area (Å²) in [4.78, 5) is 17.8. The van der Waals surface area contributed by atoms with Crippen LogP contribution in [0.2, 0.25) is 0 Å². The molecular weight excluding hydrogens is 250 g/mol. The molecule has 1 N–H and O–H groups in total. The Kier molecular flexibility index (Phi) is 2.97. The first-order valence-corrected chi connectivity index (χ1v) is 7.25. The molecule has 3 rings (SSSR count). The van der Waals surface area contributed by atoms with Gasteiger partial charge in [-0.15, -0.1) is 0 Å². The lowest BCUT2D eigenvalue weighted by atomic mass is 9.92. The van der Waals surface area contributed by atoms with E-state index in [-0.39, 0.29) is 12.0 Å². The van der Waals surface area contributed by atoms with Crippen molar-refractivity contribution in [1.29, 1.82) is 0 Å². The first-order valence-electron chi connectivity index (χ1n) is 6.48. The van der Waals surface area contributed by atoms with Gasteiger partial charge >= 0.3 is 5.97 Å². The van der Waals surface area contributed by atoms with Crippen molar-refractivity contribution >= 4 is 22.6 Å². The second kappa shape index (κ2) is 4.50. The molecule has 0 bridgehead atoms. The van der Waals surface area contributed by atoms with Gasteiger partial charge in [0.05, 0.1) is 5.92 Å². The molecule has 0 spiro atoms. The lowest BCUT2D eigenvalue weighted by Gasteiger charge is -2.35. The summed E-state index contributed by atoms with van der Waals surface area (Å²) in [5.74, 6) is 0.703. The molecule has 2 aliphatic rings. The third-order valence-electron chi connectivity index (χ3n) is 3.84. The third kappa shape index (κ3) is 2.21. The molecule has 2 fully saturated rings. The van der Waals surface area contributed by atoms with Crippen LogP contribution < -0.4 is 4.90 Å². The molecule has 0 aromatic carbocycles. The molecule has 2 unspecified atom stereocenters. The van der Waals surface area contributed by atoms with Gasteiger partial charge in [-0.1, -0.05) is 0 Å². The highest BCUT2D eigenvalue weighted by molar-refractivity contribution is 7.09. The number of hydrogen-bond acceptors (Lipinski definition) is 5. The minimum Gasteiger partial charge on any atom is -0.481 e. The van der Waals surface area contributed by atoms with Crippen molar-refractivity contribution in [2.75, 3.05) is 11.4 Å². The Balaban J connectivity index is 1.70. The highest BCUT2D eigenvalue weighted by Crippen LogP contribution is 2.40. The van der Waals surface area contributed by atoms with Crippen LogP contribution in [0, 0.1) is 5.92 Å². The zero-order valence-electron chi connectivity index (χ0n) is 10.4. The topological polar surface area (TPSA) is 66.3 Å². The summed E-state index contributed by atoms with van der Waals surface area (Å²) in [5, 5.41) is 10.0. The van der Waals surface area contributed by atoms with Crippen molar-refractivity contribution in [3.8, 4) is 0 Å². The molecule has 0 radical (unpaired) electrons. The highest BCUT2D eigenvalue weighted by Gasteiger charge is 2.33. The molecule has 1 aliphatic heterocycles. The van der Waals surface area contributed by atoms with Gasteiger partial charge in [-0.05, 0) is 32.6 Å². The summed E-state index contributed by atoms with van der Waals surface area (Å²) in [7, 11) is 0. The van der Waals surface area contributed by atoms with Gasteiger partial charge in [-0.3, -0.25) is 4.79 Å². The van der Waals surface area contributed by atoms with Crippen LogP contribution >= 0.6 is 11.5 Å². The maximum Gasteiger partial charge on any atom is 0.306 e. The van der Waals surface area contributed by atoms with Crippen molar-refractivity contribution in [3.05, 3.63) is 5.82 Å². The van der Waals surface area contributed by atoms with Gasteiger partial charge in [0.2, 0.25) is 5.13 Å². The summed E-state index contributed by atoms with van der Waals surface area (Å²) in [5.41, 5.74) is 0. The Labute approximate surface area is 110 Å². The van der Waals surface area contributed by atoms with Gasteiger partial charge in [0.1, 0.15) is 5.82 Å². The Morgan fingerprint density at radius 2 is 2.22 bits per heavy atom. The van der Waals surface area contributed by atoms with Gasteiger partial charge < -0.3 is 10.0 Å². The first-order chi connectivity index (χ1) is 8.65. The molecule has 98 valence electrons. The standard InChI is InChI=1S/C12H17N3O2S/c1-7-6-9(11(16)17)4-5-15(7)12-13-10(14-18-12)8-2-3-8/h7-9H,2-6H2,1H3,(H,16,17). The Morgan fingerprint density at radius 1 is 1.44 bits per heavy atom. The van der Waals surface area contributed by atoms with Crippen molar-refractivity contribution in [2.24, 2.45) is 5.92 Å². The lowest BCUT2D eigenvalue weighted by molar-refractivity contribution is -0.142. The van der Waals surface area contributed by atoms with E-state index in [1.165, 1.54) is 24.4 Å². The molecule has 18 heavy (non-hydrogen) atoms. The van der Waals surface area contributed by atoms with Crippen molar-refractivity contribution in [2.45, 2.75) is 44.6 Å². The van der Waals surface area contributed by atoms with Gasteiger partial charge in [0.15, 0.2) is 0 Å². The second-order valence-corrected chi connectivity index (χ2v) is 6.04. The van der Waals surface area contributed by atoms with E-state index in [0.29, 0.717) is 18.8 Å². The minimum absolute atomic E-state index is 0.202. The van der Waals surface area contributed by atoms with Crippen LogP contribution in [0.25, 0.3) is 0 Å². The number of piperidine rings is 1. The van der Waals surface area contributed by atoms with Crippen LogP contribution in [0.1, 0.15) is 44.3 Å². The molecule has 0 amide bonds. The number of carboxylic acid groups (broad SMARTS) is 1. The number of nitrogens with zero attached hydrogens (tertiary/aromatic N) is 3. The molecule has 1 saturated heterocycles. The Morgan fingerprint density at radius 3 is 2.83 bits per heavy atom. The molecule has 1 aliphatic carbocycles. The number of aliphatic carboxylic acids is 1. The van der Waals surface area contributed by atoms with Gasteiger partial charge in [0, 0.05) is 30.0 Å². The normalized spacial score (nSPS) is 28.4. The number of carbonyl (C=O) groups is 1. The maximum atomic E-state index is 11.0. The molecule has 2 heterocycles. The first kappa shape index (κ1) is 11.9. The van der Waals surface area contributed by atoms with Crippen LogP contribution in [0.5, 0.6) is 0 Å². The average Bonchev–Trinajstić information content (AvgIpc) is 3.08. The zero-order valence-corrected chi connectivity index (χ0v) is 11.2. The van der Waals surface area contributed by atoms with E-state index in [1.807, 2.05) is 0 Å². The summed E-state index contributed by atoms with van der Waals surface area (Å²) in [6.45, 7) is 2.85. The van der Waals surface area contributed by atoms with Crippen molar-refractivity contribution in [1.82, 2.24) is 9.36 Å². The fraction of sp³-hybridized carbons (Fsp3) is 0.750. The highest BCUT2D eigenvalue weighted by atomic mass is 32.1. The zero-order chi connectivity index (χ0) is 12.7. The lowest BCUT2D eigenvalue weighted by Crippen LogP contribution is -2.42. The van der Waals surface area contributed by atoms with E-state index in [1.54, 1.807) is 0 Å². The minimum atomic E-state index is -0.669. The van der Waals surface area contributed by atoms with Crippen LogP contribution in [0.3, 0.4) is 0 Å². The van der Waals surface area contributed by atoms with Crippen molar-refractivity contribution < 1.29 is 9.90 Å². The summed E-state index contributed by atoms with van der Waals surface area (Å²) >= 11 is 1.46. The number of carboxylic acids is 1. The summed E-state index contributed by atoms with van der Waals surface area (Å²) in [6.07, 6.45) is 3.84. The number of rotatable bonds is 3. The summed E-state index contributed by atoms with van der Waals surface area (Å²) in [6, 6.07) is 0.236.